The minimum Gasteiger partial charge on any atom is -0.393 e. The Bertz CT molecular complexity index is 563. The van der Waals surface area contributed by atoms with E-state index in [-0.39, 0.29) is 12.1 Å². The Hall–Kier alpha value is -1.68. The molecule has 0 amide bonds. The van der Waals surface area contributed by atoms with Crippen LogP contribution in [-0.4, -0.2) is 34.9 Å². The normalized spacial score (nSPS) is 25.3. The van der Waals surface area contributed by atoms with Crippen molar-refractivity contribution in [3.05, 3.63) is 35.8 Å². The number of hydrogen-bond donors (Lipinski definition) is 1. The van der Waals surface area contributed by atoms with E-state index in [1.165, 1.54) is 19.3 Å². The molecule has 0 aromatic carbocycles. The van der Waals surface area contributed by atoms with Crippen molar-refractivity contribution >= 4 is 12.4 Å². The van der Waals surface area contributed by atoms with E-state index in [9.17, 15) is 5.11 Å². The van der Waals surface area contributed by atoms with Crippen LogP contribution >= 0.6 is 0 Å². The summed E-state index contributed by atoms with van der Waals surface area (Å²) in [5.41, 5.74) is 3.20. The summed E-state index contributed by atoms with van der Waals surface area (Å²) in [4.78, 5) is 10.7. The molecular formula is C18H25N3O. The SMILES string of the molecule is C=N/C=C1/c2cccnc2C(CC(O)C2CCCCC2)N1C. The summed E-state index contributed by atoms with van der Waals surface area (Å²) in [7, 11) is 2.05. The van der Waals surface area contributed by atoms with Crippen molar-refractivity contribution in [2.45, 2.75) is 50.7 Å². The van der Waals surface area contributed by atoms with Gasteiger partial charge in [-0.25, -0.2) is 0 Å². The number of fused-ring (bicyclic) bond motifs is 1. The Kier molecular flexibility index (Phi) is 4.57. The van der Waals surface area contributed by atoms with Crippen LogP contribution < -0.4 is 0 Å². The lowest BCUT2D eigenvalue weighted by atomic mass is 9.83. The van der Waals surface area contributed by atoms with Crippen molar-refractivity contribution < 1.29 is 5.11 Å². The van der Waals surface area contributed by atoms with Crippen LogP contribution in [0.5, 0.6) is 0 Å². The van der Waals surface area contributed by atoms with E-state index in [1.54, 1.807) is 6.20 Å². The van der Waals surface area contributed by atoms with Gasteiger partial charge < -0.3 is 10.0 Å². The fraction of sp³-hybridized carbons (Fsp3) is 0.556. The van der Waals surface area contributed by atoms with E-state index < -0.39 is 0 Å². The second kappa shape index (κ2) is 6.61. The largest absolute Gasteiger partial charge is 0.393 e. The third-order valence-corrected chi connectivity index (χ3v) is 5.15. The molecule has 2 heterocycles. The predicted octanol–water partition coefficient (Wildman–Crippen LogP) is 3.40. The average molecular weight is 299 g/mol. The van der Waals surface area contributed by atoms with Gasteiger partial charge in [-0.1, -0.05) is 19.3 Å². The number of hydrogen-bond acceptors (Lipinski definition) is 4. The topological polar surface area (TPSA) is 48.7 Å². The molecule has 1 aromatic heterocycles. The Balaban J connectivity index is 1.81. The summed E-state index contributed by atoms with van der Waals surface area (Å²) < 4.78 is 0. The minimum absolute atomic E-state index is 0.126. The van der Waals surface area contributed by atoms with Gasteiger partial charge in [-0.05, 0) is 44.0 Å². The van der Waals surface area contributed by atoms with Crippen LogP contribution in [0, 0.1) is 5.92 Å². The van der Waals surface area contributed by atoms with Crippen LogP contribution in [0.25, 0.3) is 5.70 Å². The second-order valence-electron chi connectivity index (χ2n) is 6.46. The van der Waals surface area contributed by atoms with Crippen molar-refractivity contribution in [1.82, 2.24) is 9.88 Å². The number of pyridine rings is 1. The van der Waals surface area contributed by atoms with Crippen molar-refractivity contribution in [2.24, 2.45) is 10.9 Å². The van der Waals surface area contributed by atoms with Gasteiger partial charge in [0, 0.05) is 18.8 Å². The van der Waals surface area contributed by atoms with Crippen LogP contribution in [0.15, 0.2) is 29.5 Å². The van der Waals surface area contributed by atoms with Gasteiger partial charge in [0.1, 0.15) is 0 Å². The quantitative estimate of drug-likeness (QED) is 0.867. The number of aliphatic hydroxyl groups is 1. The van der Waals surface area contributed by atoms with Gasteiger partial charge >= 0.3 is 0 Å². The maximum absolute atomic E-state index is 10.7. The molecule has 1 N–H and O–H groups in total. The summed E-state index contributed by atoms with van der Waals surface area (Å²) in [6.45, 7) is 3.57. The van der Waals surface area contributed by atoms with Crippen LogP contribution in [-0.2, 0) is 0 Å². The number of aliphatic hydroxyl groups excluding tert-OH is 1. The van der Waals surface area contributed by atoms with Gasteiger partial charge in [0.25, 0.3) is 0 Å². The lowest BCUT2D eigenvalue weighted by molar-refractivity contribution is 0.0589. The van der Waals surface area contributed by atoms with E-state index >= 15 is 0 Å². The first-order valence-electron chi connectivity index (χ1n) is 8.24. The molecular weight excluding hydrogens is 274 g/mol. The molecule has 0 radical (unpaired) electrons. The average Bonchev–Trinajstić information content (AvgIpc) is 2.82. The molecule has 4 heteroatoms. The third kappa shape index (κ3) is 2.80. The smallest absolute Gasteiger partial charge is 0.0742 e. The highest BCUT2D eigenvalue weighted by Crippen LogP contribution is 2.42. The monoisotopic (exact) mass is 299 g/mol. The van der Waals surface area contributed by atoms with Crippen molar-refractivity contribution in [3.63, 3.8) is 0 Å². The minimum atomic E-state index is -0.251. The molecule has 118 valence electrons. The predicted molar refractivity (Wildman–Crippen MR) is 89.5 cm³/mol. The molecule has 2 unspecified atom stereocenters. The zero-order valence-corrected chi connectivity index (χ0v) is 13.3. The zero-order valence-electron chi connectivity index (χ0n) is 13.3. The van der Waals surface area contributed by atoms with E-state index in [0.29, 0.717) is 5.92 Å². The molecule has 2 atom stereocenters. The Labute approximate surface area is 132 Å². The number of aromatic nitrogens is 1. The molecule has 1 aromatic rings. The van der Waals surface area contributed by atoms with Gasteiger partial charge in [0.2, 0.25) is 0 Å². The molecule has 0 saturated heterocycles. The van der Waals surface area contributed by atoms with Gasteiger partial charge in [-0.3, -0.25) is 9.98 Å². The lowest BCUT2D eigenvalue weighted by Crippen LogP contribution is -2.28. The van der Waals surface area contributed by atoms with E-state index in [1.807, 2.05) is 12.3 Å². The first kappa shape index (κ1) is 15.2. The summed E-state index contributed by atoms with van der Waals surface area (Å²) in [6.07, 6.45) is 10.2. The lowest BCUT2D eigenvalue weighted by Gasteiger charge is -2.31. The van der Waals surface area contributed by atoms with E-state index in [2.05, 4.69) is 34.7 Å². The third-order valence-electron chi connectivity index (χ3n) is 5.15. The van der Waals surface area contributed by atoms with Crippen LogP contribution in [0.3, 0.4) is 0 Å². The standard InChI is InChI=1S/C18H25N3O/c1-19-12-16-14-9-6-10-20-18(14)15(21(16)2)11-17(22)13-7-4-3-5-8-13/h6,9-10,12-13,15,17,22H,1,3-5,7-8,11H2,2H3/b16-12-. The van der Waals surface area contributed by atoms with E-state index in [0.717, 1.165) is 36.2 Å². The summed E-state index contributed by atoms with van der Waals surface area (Å²) in [6, 6.07) is 4.15. The Morgan fingerprint density at radius 1 is 1.45 bits per heavy atom. The molecule has 22 heavy (non-hydrogen) atoms. The second-order valence-corrected chi connectivity index (χ2v) is 6.46. The van der Waals surface area contributed by atoms with Crippen LogP contribution in [0.1, 0.15) is 55.8 Å². The maximum atomic E-state index is 10.7. The van der Waals surface area contributed by atoms with Crippen LogP contribution in [0.2, 0.25) is 0 Å². The molecule has 1 saturated carbocycles. The molecule has 0 spiro atoms. The number of rotatable bonds is 4. The fourth-order valence-electron chi connectivity index (χ4n) is 3.90. The molecule has 1 aliphatic heterocycles. The van der Waals surface area contributed by atoms with Crippen molar-refractivity contribution in [1.29, 1.82) is 0 Å². The highest BCUT2D eigenvalue weighted by molar-refractivity contribution is 5.70. The first-order chi connectivity index (χ1) is 10.7. The van der Waals surface area contributed by atoms with Crippen molar-refractivity contribution in [2.75, 3.05) is 7.05 Å². The highest BCUT2D eigenvalue weighted by atomic mass is 16.3. The summed E-state index contributed by atoms with van der Waals surface area (Å²) >= 11 is 0. The van der Waals surface area contributed by atoms with Gasteiger partial charge in [-0.15, -0.1) is 0 Å². The molecule has 1 aliphatic carbocycles. The summed E-state index contributed by atoms with van der Waals surface area (Å²) in [5, 5.41) is 10.7. The van der Waals surface area contributed by atoms with Gasteiger partial charge in [0.15, 0.2) is 0 Å². The van der Waals surface area contributed by atoms with Gasteiger partial charge in [-0.2, -0.15) is 0 Å². The summed E-state index contributed by atoms with van der Waals surface area (Å²) in [5.74, 6) is 0.444. The molecule has 2 aliphatic rings. The maximum Gasteiger partial charge on any atom is 0.0742 e. The van der Waals surface area contributed by atoms with Crippen LogP contribution in [0.4, 0.5) is 0 Å². The molecule has 0 bridgehead atoms. The van der Waals surface area contributed by atoms with Gasteiger partial charge in [0.05, 0.1) is 29.7 Å². The first-order valence-corrected chi connectivity index (χ1v) is 8.24. The number of nitrogens with zero attached hydrogens (tertiary/aromatic N) is 3. The molecule has 1 fully saturated rings. The van der Waals surface area contributed by atoms with E-state index in [4.69, 9.17) is 0 Å². The fourth-order valence-corrected chi connectivity index (χ4v) is 3.90. The Morgan fingerprint density at radius 3 is 2.95 bits per heavy atom. The highest BCUT2D eigenvalue weighted by Gasteiger charge is 2.35. The zero-order chi connectivity index (χ0) is 15.5. The molecule has 3 rings (SSSR count). The van der Waals surface area contributed by atoms with Crippen molar-refractivity contribution in [3.8, 4) is 0 Å². The number of aliphatic imine (C=N–C) groups is 1. The Morgan fingerprint density at radius 2 is 2.23 bits per heavy atom. The molecule has 4 nitrogen and oxygen atoms in total.